The Balaban J connectivity index is 1.88. The molecule has 8 heteroatoms. The highest BCUT2D eigenvalue weighted by Crippen LogP contribution is 2.31. The van der Waals surface area contributed by atoms with Crippen molar-refractivity contribution in [1.29, 1.82) is 0 Å². The maximum absolute atomic E-state index is 12.8. The molecule has 1 atom stereocenters. The van der Waals surface area contributed by atoms with E-state index in [0.29, 0.717) is 11.1 Å². The zero-order valence-corrected chi connectivity index (χ0v) is 15.3. The molecule has 4 nitrogen and oxygen atoms in total. The fourth-order valence-corrected chi connectivity index (χ4v) is 4.34. The zero-order chi connectivity index (χ0) is 19.8. The number of sulfonamides is 1. The number of rotatable bonds is 3. The quantitative estimate of drug-likeness (QED) is 0.863. The van der Waals surface area contributed by atoms with Gasteiger partial charge >= 0.3 is 6.18 Å². The summed E-state index contributed by atoms with van der Waals surface area (Å²) in [4.78, 5) is 0.106. The molecule has 27 heavy (non-hydrogen) atoms. The third kappa shape index (κ3) is 4.23. The molecule has 0 bridgehead atoms. The second-order valence-corrected chi connectivity index (χ2v) is 8.38. The standard InChI is InChI=1S/C19H18F3NO3S/c1-13-2-8-18(9-3-13)27(25,26)23-11-15(10-17(24)12-23)14-4-6-16(7-5-14)19(20,21)22/h2-10,17,24H,11-12H2,1H3. The fraction of sp³-hybridized carbons (Fsp3) is 0.263. The van der Waals surface area contributed by atoms with Crippen LogP contribution in [0.15, 0.2) is 59.5 Å². The van der Waals surface area contributed by atoms with Crippen molar-refractivity contribution in [3.8, 4) is 0 Å². The number of aliphatic hydroxyl groups is 1. The number of benzene rings is 2. The van der Waals surface area contributed by atoms with E-state index in [-0.39, 0.29) is 18.0 Å². The van der Waals surface area contributed by atoms with Crippen molar-refractivity contribution in [2.45, 2.75) is 24.1 Å². The molecule has 0 radical (unpaired) electrons. The van der Waals surface area contributed by atoms with Gasteiger partial charge in [-0.3, -0.25) is 0 Å². The van der Waals surface area contributed by atoms with Gasteiger partial charge in [-0.15, -0.1) is 0 Å². The van der Waals surface area contributed by atoms with Gasteiger partial charge in [-0.1, -0.05) is 29.8 Å². The van der Waals surface area contributed by atoms with Crippen molar-refractivity contribution in [3.05, 3.63) is 71.3 Å². The molecule has 0 spiro atoms. The van der Waals surface area contributed by atoms with Crippen LogP contribution < -0.4 is 0 Å². The minimum Gasteiger partial charge on any atom is -0.388 e. The van der Waals surface area contributed by atoms with Crippen molar-refractivity contribution in [2.75, 3.05) is 13.1 Å². The van der Waals surface area contributed by atoms with Crippen molar-refractivity contribution in [2.24, 2.45) is 0 Å². The summed E-state index contributed by atoms with van der Waals surface area (Å²) in [7, 11) is -3.83. The Hall–Kier alpha value is -2.16. The first kappa shape index (κ1) is 19.6. The van der Waals surface area contributed by atoms with E-state index in [4.69, 9.17) is 0 Å². The van der Waals surface area contributed by atoms with Crippen LogP contribution in [0.3, 0.4) is 0 Å². The van der Waals surface area contributed by atoms with Crippen LogP contribution in [0, 0.1) is 6.92 Å². The Morgan fingerprint density at radius 1 is 1.04 bits per heavy atom. The first-order chi connectivity index (χ1) is 12.6. The first-order valence-electron chi connectivity index (χ1n) is 8.20. The van der Waals surface area contributed by atoms with Crippen LogP contribution >= 0.6 is 0 Å². The number of halogens is 3. The number of aliphatic hydroxyl groups excluding tert-OH is 1. The molecule has 3 rings (SSSR count). The Bertz CT molecular complexity index is 949. The van der Waals surface area contributed by atoms with Crippen LogP contribution in [0.2, 0.25) is 0 Å². The highest BCUT2D eigenvalue weighted by Gasteiger charge is 2.32. The van der Waals surface area contributed by atoms with E-state index in [1.807, 2.05) is 6.92 Å². The fourth-order valence-electron chi connectivity index (χ4n) is 2.90. The summed E-state index contributed by atoms with van der Waals surface area (Å²) >= 11 is 0. The van der Waals surface area contributed by atoms with E-state index >= 15 is 0 Å². The molecule has 2 aromatic rings. The highest BCUT2D eigenvalue weighted by atomic mass is 32.2. The second kappa shape index (κ2) is 7.10. The van der Waals surface area contributed by atoms with Gasteiger partial charge in [0.2, 0.25) is 10.0 Å². The summed E-state index contributed by atoms with van der Waals surface area (Å²) in [6.45, 7) is 1.70. The topological polar surface area (TPSA) is 57.6 Å². The molecule has 1 aliphatic rings. The third-order valence-electron chi connectivity index (χ3n) is 4.37. The van der Waals surface area contributed by atoms with E-state index < -0.39 is 27.9 Å². The lowest BCUT2D eigenvalue weighted by molar-refractivity contribution is -0.137. The molecule has 0 saturated heterocycles. The molecular weight excluding hydrogens is 379 g/mol. The van der Waals surface area contributed by atoms with Gasteiger partial charge < -0.3 is 5.11 Å². The SMILES string of the molecule is Cc1ccc(S(=O)(=O)N2CC(c3ccc(C(F)(F)F)cc3)=CC(O)C2)cc1. The van der Waals surface area contributed by atoms with Crippen LogP contribution in [-0.2, 0) is 16.2 Å². The molecular formula is C19H18F3NO3S. The van der Waals surface area contributed by atoms with Gasteiger partial charge in [0.05, 0.1) is 16.6 Å². The van der Waals surface area contributed by atoms with E-state index in [0.717, 1.165) is 22.0 Å². The molecule has 0 aliphatic carbocycles. The summed E-state index contributed by atoms with van der Waals surface area (Å²) in [5.74, 6) is 0. The van der Waals surface area contributed by atoms with Crippen LogP contribution in [0.1, 0.15) is 16.7 Å². The summed E-state index contributed by atoms with van der Waals surface area (Å²) in [5.41, 5.74) is 1.02. The molecule has 2 aromatic carbocycles. The minimum absolute atomic E-state index is 0.0291. The van der Waals surface area contributed by atoms with Gasteiger partial charge in [-0.2, -0.15) is 17.5 Å². The first-order valence-corrected chi connectivity index (χ1v) is 9.64. The van der Waals surface area contributed by atoms with Gasteiger partial charge in [0.1, 0.15) is 0 Å². The predicted octanol–water partition coefficient (Wildman–Crippen LogP) is 3.46. The van der Waals surface area contributed by atoms with Crippen LogP contribution in [0.25, 0.3) is 5.57 Å². The number of alkyl halides is 3. The maximum Gasteiger partial charge on any atom is 0.416 e. The average molecular weight is 397 g/mol. The summed E-state index contributed by atoms with van der Waals surface area (Å²) in [5, 5.41) is 10.1. The summed E-state index contributed by atoms with van der Waals surface area (Å²) < 4.78 is 65.0. The Labute approximate surface area is 155 Å². The lowest BCUT2D eigenvalue weighted by Crippen LogP contribution is -2.41. The number of hydrogen-bond donors (Lipinski definition) is 1. The minimum atomic E-state index is -4.44. The average Bonchev–Trinajstić information content (AvgIpc) is 2.61. The Kier molecular flexibility index (Phi) is 5.16. The maximum atomic E-state index is 12.8. The molecule has 0 aromatic heterocycles. The monoisotopic (exact) mass is 397 g/mol. The Morgan fingerprint density at radius 2 is 1.63 bits per heavy atom. The van der Waals surface area contributed by atoms with Crippen molar-refractivity contribution >= 4 is 15.6 Å². The number of hydrogen-bond acceptors (Lipinski definition) is 3. The summed E-state index contributed by atoms with van der Waals surface area (Å²) in [6, 6.07) is 10.8. The van der Waals surface area contributed by atoms with E-state index in [1.165, 1.54) is 30.3 Å². The van der Waals surface area contributed by atoms with Crippen LogP contribution in [0.5, 0.6) is 0 Å². The molecule has 0 fully saturated rings. The van der Waals surface area contributed by atoms with Crippen molar-refractivity contribution in [3.63, 3.8) is 0 Å². The van der Waals surface area contributed by atoms with Crippen molar-refractivity contribution < 1.29 is 26.7 Å². The van der Waals surface area contributed by atoms with E-state index in [2.05, 4.69) is 0 Å². The largest absolute Gasteiger partial charge is 0.416 e. The van der Waals surface area contributed by atoms with E-state index in [1.54, 1.807) is 12.1 Å². The molecule has 1 aliphatic heterocycles. The van der Waals surface area contributed by atoms with E-state index in [9.17, 15) is 26.7 Å². The lowest BCUT2D eigenvalue weighted by Gasteiger charge is -2.29. The van der Waals surface area contributed by atoms with Gasteiger partial charge in [-0.05, 0) is 48.4 Å². The lowest BCUT2D eigenvalue weighted by atomic mass is 10.00. The van der Waals surface area contributed by atoms with Crippen molar-refractivity contribution in [1.82, 2.24) is 4.31 Å². The molecule has 0 saturated carbocycles. The van der Waals surface area contributed by atoms with Gasteiger partial charge in [0.25, 0.3) is 0 Å². The number of nitrogens with zero attached hydrogens (tertiary/aromatic N) is 1. The molecule has 1 N–H and O–H groups in total. The zero-order valence-electron chi connectivity index (χ0n) is 14.4. The molecule has 144 valence electrons. The molecule has 1 unspecified atom stereocenters. The third-order valence-corrected chi connectivity index (χ3v) is 6.20. The number of aryl methyl sites for hydroxylation is 1. The summed E-state index contributed by atoms with van der Waals surface area (Å²) in [6.07, 6.45) is -4.01. The second-order valence-electron chi connectivity index (χ2n) is 6.44. The predicted molar refractivity (Wildman–Crippen MR) is 95.4 cm³/mol. The normalized spacial score (nSPS) is 19.0. The Morgan fingerprint density at radius 3 is 2.19 bits per heavy atom. The van der Waals surface area contributed by atoms with Gasteiger partial charge in [0.15, 0.2) is 0 Å². The number of β-amino-alcohol motifs (C(OH)–C–C–N with tert-alkyl or cyclic N) is 1. The highest BCUT2D eigenvalue weighted by molar-refractivity contribution is 7.89. The van der Waals surface area contributed by atoms with Crippen LogP contribution in [-0.4, -0.2) is 37.0 Å². The molecule has 1 heterocycles. The smallest absolute Gasteiger partial charge is 0.388 e. The van der Waals surface area contributed by atoms with Crippen LogP contribution in [0.4, 0.5) is 13.2 Å². The van der Waals surface area contributed by atoms with Gasteiger partial charge in [-0.25, -0.2) is 8.42 Å². The van der Waals surface area contributed by atoms with Gasteiger partial charge in [0, 0.05) is 13.1 Å². The molecule has 0 amide bonds.